The number of nitrogen functional groups attached to an aromatic ring is 1. The number of carbonyl (C=O) groups is 1. The molecule has 0 fully saturated rings. The molecule has 13 nitrogen and oxygen atoms in total. The number of carbonyl (C=O) groups excluding carboxylic acids is 1. The number of rotatable bonds is 9. The van der Waals surface area contributed by atoms with Gasteiger partial charge in [-0.15, -0.1) is 5.10 Å². The molecule has 0 saturated heterocycles. The van der Waals surface area contributed by atoms with Gasteiger partial charge in [0.05, 0.1) is 12.8 Å². The molecule has 2 heterocycles. The summed E-state index contributed by atoms with van der Waals surface area (Å²) in [7, 11) is 1.45. The number of aromatic hydroxyl groups is 1. The highest BCUT2D eigenvalue weighted by molar-refractivity contribution is 5.95. The zero-order valence-corrected chi connectivity index (χ0v) is 17.3. The van der Waals surface area contributed by atoms with Gasteiger partial charge in [-0.1, -0.05) is 5.21 Å². The molecule has 0 aliphatic rings. The monoisotopic (exact) mass is 429 g/mol. The molecule has 0 atom stereocenters. The molecular formula is C18H23N9O4. The number of amides is 1. The molecular weight excluding hydrogens is 406 g/mol. The molecule has 2 aromatic heterocycles. The maximum atomic E-state index is 12.8. The van der Waals surface area contributed by atoms with Crippen molar-refractivity contribution >= 4 is 23.6 Å². The lowest BCUT2D eigenvalue weighted by Crippen LogP contribution is -2.23. The first-order valence-corrected chi connectivity index (χ1v) is 9.43. The second-order valence-electron chi connectivity index (χ2n) is 6.32. The molecule has 13 heteroatoms. The first kappa shape index (κ1) is 21.7. The number of hydrogen-bond donors (Lipinski definition) is 3. The maximum absolute atomic E-state index is 12.8. The summed E-state index contributed by atoms with van der Waals surface area (Å²) in [5.74, 6) is -0.663. The van der Waals surface area contributed by atoms with E-state index in [2.05, 4.69) is 40.7 Å². The molecule has 31 heavy (non-hydrogen) atoms. The molecule has 0 aliphatic heterocycles. The Morgan fingerprint density at radius 3 is 2.77 bits per heavy atom. The largest absolute Gasteiger partial charge is 0.507 e. The van der Waals surface area contributed by atoms with Crippen LogP contribution in [0.15, 0.2) is 27.9 Å². The lowest BCUT2D eigenvalue weighted by Gasteiger charge is -2.21. The number of hydrazone groups is 1. The number of nitrogens with two attached hydrogens (primary N) is 1. The van der Waals surface area contributed by atoms with E-state index >= 15 is 0 Å². The van der Waals surface area contributed by atoms with Crippen LogP contribution in [0.1, 0.15) is 35.6 Å². The molecule has 0 bridgehead atoms. The van der Waals surface area contributed by atoms with Crippen molar-refractivity contribution in [2.24, 2.45) is 5.10 Å². The van der Waals surface area contributed by atoms with Crippen molar-refractivity contribution in [3.63, 3.8) is 0 Å². The summed E-state index contributed by atoms with van der Waals surface area (Å²) in [6.45, 7) is 5.72. The van der Waals surface area contributed by atoms with Gasteiger partial charge < -0.3 is 20.5 Å². The Bertz CT molecular complexity index is 1070. The zero-order valence-electron chi connectivity index (χ0n) is 17.3. The van der Waals surface area contributed by atoms with E-state index in [1.807, 2.05) is 19.9 Å². The van der Waals surface area contributed by atoms with Crippen LogP contribution in [0.3, 0.4) is 0 Å². The number of phenolic OH excluding ortho intramolecular Hbond substituents is 1. The number of methoxy groups -OCH3 is 1. The van der Waals surface area contributed by atoms with Gasteiger partial charge in [0.25, 0.3) is 5.91 Å². The standard InChI is InChI=1S/C18H23N9O4/c1-4-26(5-2)12-7-6-11(14(28)8-12)9-20-22-18(29)15-13(10-30-3)21-25-27(15)17-16(19)23-31-24-17/h6-9,28H,4-5,10H2,1-3H3,(H2,19,23)(H,22,29). The van der Waals surface area contributed by atoms with Gasteiger partial charge in [0.1, 0.15) is 11.4 Å². The van der Waals surface area contributed by atoms with E-state index in [1.165, 1.54) is 13.3 Å². The van der Waals surface area contributed by atoms with Crippen LogP contribution in [0.25, 0.3) is 5.82 Å². The Labute approximate surface area is 177 Å². The fourth-order valence-corrected chi connectivity index (χ4v) is 2.90. The van der Waals surface area contributed by atoms with Gasteiger partial charge in [0.2, 0.25) is 11.6 Å². The molecule has 0 unspecified atom stereocenters. The Kier molecular flexibility index (Phi) is 6.77. The third kappa shape index (κ3) is 4.61. The number of anilines is 2. The second kappa shape index (κ2) is 9.67. The van der Waals surface area contributed by atoms with Crippen LogP contribution in [0, 0.1) is 0 Å². The van der Waals surface area contributed by atoms with E-state index in [0.29, 0.717) is 5.56 Å². The van der Waals surface area contributed by atoms with Crippen molar-refractivity contribution in [3.8, 4) is 11.6 Å². The van der Waals surface area contributed by atoms with E-state index in [0.717, 1.165) is 23.5 Å². The predicted molar refractivity (Wildman–Crippen MR) is 111 cm³/mol. The lowest BCUT2D eigenvalue weighted by molar-refractivity contribution is 0.0941. The average Bonchev–Trinajstić information content (AvgIpc) is 3.36. The topological polar surface area (TPSA) is 170 Å². The molecule has 0 spiro atoms. The van der Waals surface area contributed by atoms with Crippen molar-refractivity contribution in [1.29, 1.82) is 0 Å². The zero-order chi connectivity index (χ0) is 22.4. The lowest BCUT2D eigenvalue weighted by atomic mass is 10.2. The van der Waals surface area contributed by atoms with Crippen molar-refractivity contribution in [2.75, 3.05) is 30.8 Å². The highest BCUT2D eigenvalue weighted by atomic mass is 16.6. The van der Waals surface area contributed by atoms with Crippen LogP contribution in [0.5, 0.6) is 5.75 Å². The van der Waals surface area contributed by atoms with Gasteiger partial charge in [-0.2, -0.15) is 9.78 Å². The normalized spacial score (nSPS) is 11.2. The van der Waals surface area contributed by atoms with Crippen molar-refractivity contribution < 1.29 is 19.3 Å². The number of ether oxygens (including phenoxy) is 1. The number of phenols is 1. The Hall–Kier alpha value is -4.00. The first-order chi connectivity index (χ1) is 15.0. The van der Waals surface area contributed by atoms with Crippen LogP contribution in [0.2, 0.25) is 0 Å². The first-order valence-electron chi connectivity index (χ1n) is 9.43. The predicted octanol–water partition coefficient (Wildman–Crippen LogP) is 0.695. The fraction of sp³-hybridized carbons (Fsp3) is 0.333. The van der Waals surface area contributed by atoms with Gasteiger partial charge in [0.15, 0.2) is 5.69 Å². The van der Waals surface area contributed by atoms with Crippen LogP contribution >= 0.6 is 0 Å². The van der Waals surface area contributed by atoms with E-state index in [9.17, 15) is 9.90 Å². The van der Waals surface area contributed by atoms with E-state index in [4.69, 9.17) is 10.5 Å². The minimum absolute atomic E-state index is 0.00232. The van der Waals surface area contributed by atoms with Gasteiger partial charge >= 0.3 is 0 Å². The summed E-state index contributed by atoms with van der Waals surface area (Å²) in [5.41, 5.74) is 9.63. The summed E-state index contributed by atoms with van der Waals surface area (Å²) < 4.78 is 10.7. The Balaban J connectivity index is 1.80. The quantitative estimate of drug-likeness (QED) is 0.325. The number of nitrogens with zero attached hydrogens (tertiary/aromatic N) is 7. The molecule has 0 radical (unpaired) electrons. The highest BCUT2D eigenvalue weighted by Gasteiger charge is 2.24. The second-order valence-corrected chi connectivity index (χ2v) is 6.32. The van der Waals surface area contributed by atoms with Crippen LogP contribution < -0.4 is 16.1 Å². The van der Waals surface area contributed by atoms with Crippen molar-refractivity contribution in [2.45, 2.75) is 20.5 Å². The average molecular weight is 429 g/mol. The molecule has 3 rings (SSSR count). The third-order valence-corrected chi connectivity index (χ3v) is 4.44. The van der Waals surface area contributed by atoms with Gasteiger partial charge in [0, 0.05) is 37.5 Å². The van der Waals surface area contributed by atoms with Crippen molar-refractivity contribution in [1.82, 2.24) is 30.7 Å². The van der Waals surface area contributed by atoms with Gasteiger partial charge in [-0.25, -0.2) is 10.1 Å². The summed E-state index contributed by atoms with van der Waals surface area (Å²) in [6.07, 6.45) is 1.33. The molecule has 164 valence electrons. The smallest absolute Gasteiger partial charge is 0.292 e. The van der Waals surface area contributed by atoms with Crippen molar-refractivity contribution in [3.05, 3.63) is 35.2 Å². The molecule has 3 aromatic rings. The Morgan fingerprint density at radius 1 is 1.39 bits per heavy atom. The van der Waals surface area contributed by atoms with E-state index in [1.54, 1.807) is 12.1 Å². The van der Waals surface area contributed by atoms with E-state index < -0.39 is 5.91 Å². The van der Waals surface area contributed by atoms with E-state index in [-0.39, 0.29) is 35.4 Å². The maximum Gasteiger partial charge on any atom is 0.292 e. The van der Waals surface area contributed by atoms with Crippen LogP contribution in [-0.2, 0) is 11.3 Å². The van der Waals surface area contributed by atoms with Crippen LogP contribution in [-0.4, -0.2) is 62.7 Å². The number of aromatic nitrogens is 5. The molecule has 1 aromatic carbocycles. The molecule has 0 saturated carbocycles. The molecule has 4 N–H and O–H groups in total. The summed E-state index contributed by atoms with van der Waals surface area (Å²) in [4.78, 5) is 14.9. The number of benzene rings is 1. The minimum Gasteiger partial charge on any atom is -0.507 e. The van der Waals surface area contributed by atoms with Gasteiger partial charge in [-0.3, -0.25) is 4.79 Å². The third-order valence-electron chi connectivity index (χ3n) is 4.44. The Morgan fingerprint density at radius 2 is 2.16 bits per heavy atom. The molecule has 1 amide bonds. The van der Waals surface area contributed by atoms with Crippen LogP contribution in [0.4, 0.5) is 11.5 Å². The fourth-order valence-electron chi connectivity index (χ4n) is 2.90. The minimum atomic E-state index is -0.644. The highest BCUT2D eigenvalue weighted by Crippen LogP contribution is 2.23. The summed E-state index contributed by atoms with van der Waals surface area (Å²) in [5, 5.41) is 29.1. The summed E-state index contributed by atoms with van der Waals surface area (Å²) >= 11 is 0. The number of nitrogens with one attached hydrogen (secondary N) is 1. The SMILES string of the molecule is CCN(CC)c1ccc(C=NNC(=O)c2c(COC)nnn2-c2nonc2N)c(O)c1. The van der Waals surface area contributed by atoms with Gasteiger partial charge in [-0.05, 0) is 36.3 Å². The molecule has 0 aliphatic carbocycles. The summed E-state index contributed by atoms with van der Waals surface area (Å²) in [6, 6.07) is 5.22. The number of hydrogen-bond acceptors (Lipinski definition) is 11.